The van der Waals surface area contributed by atoms with Gasteiger partial charge in [-0.2, -0.15) is 0 Å². The van der Waals surface area contributed by atoms with E-state index < -0.39 is 0 Å². The number of rotatable bonds is 3. The Balaban J connectivity index is 1.92. The van der Waals surface area contributed by atoms with Gasteiger partial charge in [0, 0.05) is 22.5 Å². The van der Waals surface area contributed by atoms with E-state index in [0.717, 1.165) is 34.9 Å². The minimum absolute atomic E-state index is 0.0748. The molecule has 1 aliphatic rings. The Morgan fingerprint density at radius 2 is 2.08 bits per heavy atom. The zero-order valence-electron chi connectivity index (χ0n) is 14.7. The number of thiazole rings is 1. The summed E-state index contributed by atoms with van der Waals surface area (Å²) in [6.07, 6.45) is 0.753. The molecule has 0 radical (unpaired) electrons. The zero-order chi connectivity index (χ0) is 17.5. The Morgan fingerprint density at radius 3 is 2.71 bits per heavy atom. The fraction of sp³-hybridized carbons (Fsp3) is 0.474. The summed E-state index contributed by atoms with van der Waals surface area (Å²) in [7, 11) is 0. The van der Waals surface area contributed by atoms with Crippen LogP contribution in [-0.2, 0) is 16.8 Å². The third-order valence-corrected chi connectivity index (χ3v) is 5.92. The number of carbonyl (C=O) groups is 1. The Morgan fingerprint density at radius 1 is 1.38 bits per heavy atom. The maximum absolute atomic E-state index is 11.8. The minimum Gasteiger partial charge on any atom is -0.369 e. The van der Waals surface area contributed by atoms with E-state index in [2.05, 4.69) is 44.0 Å². The summed E-state index contributed by atoms with van der Waals surface area (Å²) >= 11 is 1.72. The molecule has 5 heteroatoms. The largest absolute Gasteiger partial charge is 0.369 e. The molecule has 0 saturated heterocycles. The molecular formula is C19H25N3OS. The van der Waals surface area contributed by atoms with E-state index in [-0.39, 0.29) is 23.3 Å². The van der Waals surface area contributed by atoms with Crippen LogP contribution in [0.4, 0.5) is 5.69 Å². The number of hydrogen-bond acceptors (Lipinski definition) is 4. The maximum atomic E-state index is 11.8. The molecule has 0 bridgehead atoms. The molecule has 128 valence electrons. The molecule has 1 aliphatic heterocycles. The zero-order valence-corrected chi connectivity index (χ0v) is 15.6. The summed E-state index contributed by atoms with van der Waals surface area (Å²) in [6.45, 7) is 9.48. The first kappa shape index (κ1) is 17.0. The Hall–Kier alpha value is -1.88. The molecule has 2 N–H and O–H groups in total. The normalized spacial score (nSPS) is 20.8. The monoisotopic (exact) mass is 343 g/mol. The van der Waals surface area contributed by atoms with Crippen LogP contribution < -0.4 is 10.6 Å². The molecule has 24 heavy (non-hydrogen) atoms. The van der Waals surface area contributed by atoms with Crippen LogP contribution in [0.15, 0.2) is 29.6 Å². The van der Waals surface area contributed by atoms with Gasteiger partial charge in [-0.3, -0.25) is 4.79 Å². The van der Waals surface area contributed by atoms with Gasteiger partial charge in [0.2, 0.25) is 5.91 Å². The molecule has 2 aromatic rings. The summed E-state index contributed by atoms with van der Waals surface area (Å²) in [5.74, 6) is -0.439. The van der Waals surface area contributed by atoms with Crippen LogP contribution in [0, 0.1) is 0 Å². The van der Waals surface area contributed by atoms with Crippen molar-refractivity contribution >= 4 is 22.9 Å². The van der Waals surface area contributed by atoms with Gasteiger partial charge >= 0.3 is 0 Å². The lowest BCUT2D eigenvalue weighted by atomic mass is 9.85. The van der Waals surface area contributed by atoms with Crippen molar-refractivity contribution in [1.82, 2.24) is 4.98 Å². The molecule has 1 amide bonds. The van der Waals surface area contributed by atoms with E-state index in [1.165, 1.54) is 0 Å². The van der Waals surface area contributed by atoms with Crippen molar-refractivity contribution in [3.8, 4) is 0 Å². The van der Waals surface area contributed by atoms with Crippen molar-refractivity contribution in [2.45, 2.75) is 58.0 Å². The van der Waals surface area contributed by atoms with E-state index in [9.17, 15) is 4.79 Å². The van der Waals surface area contributed by atoms with E-state index in [4.69, 9.17) is 10.7 Å². The van der Waals surface area contributed by atoms with Gasteiger partial charge in [0.15, 0.2) is 0 Å². The number of nitrogens with two attached hydrogens (primary N) is 1. The van der Waals surface area contributed by atoms with Crippen LogP contribution in [0.3, 0.4) is 0 Å². The van der Waals surface area contributed by atoms with Gasteiger partial charge in [0.1, 0.15) is 0 Å². The molecule has 0 unspecified atom stereocenters. The van der Waals surface area contributed by atoms with Crippen molar-refractivity contribution in [2.75, 3.05) is 4.90 Å². The molecule has 1 aromatic carbocycles. The average Bonchev–Trinajstić information content (AvgIpc) is 2.98. The van der Waals surface area contributed by atoms with Gasteiger partial charge in [-0.15, -0.1) is 11.3 Å². The predicted octanol–water partition coefficient (Wildman–Crippen LogP) is 3.81. The quantitative estimate of drug-likeness (QED) is 0.922. The SMILES string of the molecule is C[C@@H]1C[C@@H](C(N)=O)c2ccccc2N1Cc1csc(C(C)(C)C)n1. The smallest absolute Gasteiger partial charge is 0.225 e. The minimum atomic E-state index is -0.238. The first-order valence-corrected chi connectivity index (χ1v) is 9.25. The Bertz CT molecular complexity index is 747. The average molecular weight is 343 g/mol. The van der Waals surface area contributed by atoms with Crippen LogP contribution in [0.25, 0.3) is 0 Å². The molecular weight excluding hydrogens is 318 g/mol. The van der Waals surface area contributed by atoms with Gasteiger partial charge in [-0.25, -0.2) is 4.98 Å². The number of fused-ring (bicyclic) bond motifs is 1. The second-order valence-electron chi connectivity index (χ2n) is 7.62. The van der Waals surface area contributed by atoms with Crippen LogP contribution >= 0.6 is 11.3 Å². The van der Waals surface area contributed by atoms with Crippen molar-refractivity contribution in [3.05, 3.63) is 45.9 Å². The van der Waals surface area contributed by atoms with Gasteiger partial charge in [-0.05, 0) is 25.0 Å². The van der Waals surface area contributed by atoms with Crippen LogP contribution in [0.2, 0.25) is 0 Å². The second kappa shape index (κ2) is 6.20. The highest BCUT2D eigenvalue weighted by Crippen LogP contribution is 2.39. The lowest BCUT2D eigenvalue weighted by Gasteiger charge is -2.39. The van der Waals surface area contributed by atoms with Crippen molar-refractivity contribution in [1.29, 1.82) is 0 Å². The third-order valence-electron chi connectivity index (χ3n) is 4.60. The van der Waals surface area contributed by atoms with E-state index >= 15 is 0 Å². The number of benzene rings is 1. The van der Waals surface area contributed by atoms with Crippen LogP contribution in [-0.4, -0.2) is 16.9 Å². The molecule has 1 aromatic heterocycles. The highest BCUT2D eigenvalue weighted by atomic mass is 32.1. The number of hydrogen-bond donors (Lipinski definition) is 1. The van der Waals surface area contributed by atoms with Gasteiger partial charge in [0.05, 0.1) is 23.2 Å². The molecule has 0 spiro atoms. The molecule has 0 aliphatic carbocycles. The lowest BCUT2D eigenvalue weighted by molar-refractivity contribution is -0.119. The molecule has 4 nitrogen and oxygen atoms in total. The second-order valence-corrected chi connectivity index (χ2v) is 8.48. The number of amides is 1. The van der Waals surface area contributed by atoms with E-state index in [1.54, 1.807) is 11.3 Å². The third kappa shape index (κ3) is 3.18. The number of anilines is 1. The number of aromatic nitrogens is 1. The van der Waals surface area contributed by atoms with E-state index in [1.807, 2.05) is 18.2 Å². The predicted molar refractivity (Wildman–Crippen MR) is 99.5 cm³/mol. The number of primary amides is 1. The summed E-state index contributed by atoms with van der Waals surface area (Å²) in [6, 6.07) is 8.34. The number of nitrogens with zero attached hydrogens (tertiary/aromatic N) is 2. The summed E-state index contributed by atoms with van der Waals surface area (Å²) in [5, 5.41) is 3.31. The van der Waals surface area contributed by atoms with Gasteiger partial charge in [-0.1, -0.05) is 39.0 Å². The van der Waals surface area contributed by atoms with Gasteiger partial charge < -0.3 is 10.6 Å². The fourth-order valence-corrected chi connectivity index (χ4v) is 4.18. The first-order chi connectivity index (χ1) is 11.3. The standard InChI is InChI=1S/C19H25N3OS/c1-12-9-15(17(20)23)14-7-5-6-8-16(14)22(12)10-13-11-24-18(21-13)19(2,3)4/h5-8,11-12,15H,9-10H2,1-4H3,(H2,20,23)/t12-,15-/m1/s1. The highest BCUT2D eigenvalue weighted by molar-refractivity contribution is 7.09. The van der Waals surface area contributed by atoms with Crippen LogP contribution in [0.1, 0.15) is 56.3 Å². The van der Waals surface area contributed by atoms with Crippen molar-refractivity contribution < 1.29 is 4.79 Å². The summed E-state index contributed by atoms with van der Waals surface area (Å²) in [4.78, 5) is 19.0. The van der Waals surface area contributed by atoms with Crippen molar-refractivity contribution in [2.24, 2.45) is 5.73 Å². The van der Waals surface area contributed by atoms with Crippen molar-refractivity contribution in [3.63, 3.8) is 0 Å². The van der Waals surface area contributed by atoms with Gasteiger partial charge in [0.25, 0.3) is 0 Å². The Labute approximate surface area is 147 Å². The molecule has 0 fully saturated rings. The number of carbonyl (C=O) groups excluding carboxylic acids is 1. The topological polar surface area (TPSA) is 59.2 Å². The molecule has 3 rings (SSSR count). The number of para-hydroxylation sites is 1. The highest BCUT2D eigenvalue weighted by Gasteiger charge is 2.33. The Kier molecular flexibility index (Phi) is 4.38. The fourth-order valence-electron chi connectivity index (χ4n) is 3.29. The summed E-state index contributed by atoms with van der Waals surface area (Å²) < 4.78 is 0. The molecule has 2 atom stereocenters. The van der Waals surface area contributed by atoms with E-state index in [0.29, 0.717) is 0 Å². The first-order valence-electron chi connectivity index (χ1n) is 8.37. The molecule has 2 heterocycles. The maximum Gasteiger partial charge on any atom is 0.225 e. The summed E-state index contributed by atoms with van der Waals surface area (Å²) in [5.41, 5.74) is 8.93. The lowest BCUT2D eigenvalue weighted by Crippen LogP contribution is -2.41. The van der Waals surface area contributed by atoms with Crippen LogP contribution in [0.5, 0.6) is 0 Å². The molecule has 0 saturated carbocycles.